The normalized spacial score (nSPS) is 18.9. The fourth-order valence-electron chi connectivity index (χ4n) is 7.42. The predicted molar refractivity (Wildman–Crippen MR) is 174 cm³/mol. The summed E-state index contributed by atoms with van der Waals surface area (Å²) in [5, 5.41) is 0. The summed E-state index contributed by atoms with van der Waals surface area (Å²) in [5.74, 6) is -2.73. The lowest BCUT2D eigenvalue weighted by Crippen LogP contribution is -2.21. The molecule has 234 valence electrons. The molecule has 5 heterocycles. The number of hydrogen-bond donors (Lipinski definition) is 2. The molecule has 0 saturated heterocycles. The van der Waals surface area contributed by atoms with Gasteiger partial charge in [0.05, 0.1) is 36.8 Å². The van der Waals surface area contributed by atoms with E-state index in [4.69, 9.17) is 19.4 Å². The van der Waals surface area contributed by atoms with Gasteiger partial charge in [0, 0.05) is 51.6 Å². The molecule has 2 aliphatic heterocycles. The van der Waals surface area contributed by atoms with Gasteiger partial charge in [-0.25, -0.2) is 4.98 Å². The third-order valence-electron chi connectivity index (χ3n) is 10.0. The SMILES string of the molecule is CCC1=C(C)c2cc3[nH]c(cc4nc(c5c6[nH]c(cc1n2)c(C)c6C(=O)C5C(=O)OC)C(CCC(=O)OC)C4C)c(C)c3CC. The second kappa shape index (κ2) is 11.4. The van der Waals surface area contributed by atoms with E-state index in [2.05, 4.69) is 56.7 Å². The van der Waals surface area contributed by atoms with Crippen molar-refractivity contribution in [1.29, 1.82) is 0 Å². The highest BCUT2D eigenvalue weighted by atomic mass is 16.5. The van der Waals surface area contributed by atoms with Crippen LogP contribution in [-0.4, -0.2) is 51.9 Å². The van der Waals surface area contributed by atoms with Gasteiger partial charge in [-0.2, -0.15) is 0 Å². The highest BCUT2D eigenvalue weighted by molar-refractivity contribution is 6.23. The van der Waals surface area contributed by atoms with Gasteiger partial charge < -0.3 is 19.4 Å². The highest BCUT2D eigenvalue weighted by Gasteiger charge is 2.45. The van der Waals surface area contributed by atoms with Crippen LogP contribution in [0.15, 0.2) is 18.2 Å². The monoisotopic (exact) mass is 608 g/mol. The summed E-state index contributed by atoms with van der Waals surface area (Å²) in [4.78, 5) is 57.1. The quantitative estimate of drug-likeness (QED) is 0.225. The lowest BCUT2D eigenvalue weighted by atomic mass is 9.84. The van der Waals surface area contributed by atoms with Gasteiger partial charge in [-0.1, -0.05) is 20.8 Å². The van der Waals surface area contributed by atoms with E-state index >= 15 is 0 Å². The molecule has 0 aromatic carbocycles. The fourth-order valence-corrected chi connectivity index (χ4v) is 7.42. The average molecular weight is 609 g/mol. The van der Waals surface area contributed by atoms with Crippen LogP contribution < -0.4 is 0 Å². The van der Waals surface area contributed by atoms with Crippen LogP contribution >= 0.6 is 0 Å². The third kappa shape index (κ3) is 4.71. The number of aromatic nitrogens is 4. The van der Waals surface area contributed by atoms with E-state index in [-0.39, 0.29) is 30.0 Å². The molecule has 6 rings (SSSR count). The molecule has 3 aromatic rings. The predicted octanol–water partition coefficient (Wildman–Crippen LogP) is 7.13. The maximum absolute atomic E-state index is 14.1. The molecule has 0 amide bonds. The number of fused-ring (bicyclic) bond motifs is 8. The maximum atomic E-state index is 14.1. The Balaban J connectivity index is 1.79. The first-order chi connectivity index (χ1) is 21.5. The molecule has 9 nitrogen and oxygen atoms in total. The zero-order chi connectivity index (χ0) is 32.3. The number of ketones is 1. The van der Waals surface area contributed by atoms with Crippen molar-refractivity contribution in [2.45, 2.75) is 85.0 Å². The Labute approximate surface area is 262 Å². The molecule has 0 saturated carbocycles. The summed E-state index contributed by atoms with van der Waals surface area (Å²) in [6, 6.07) is 6.21. The summed E-state index contributed by atoms with van der Waals surface area (Å²) in [5.41, 5.74) is 12.9. The van der Waals surface area contributed by atoms with E-state index in [1.54, 1.807) is 0 Å². The second-order valence-corrected chi connectivity index (χ2v) is 12.3. The lowest BCUT2D eigenvalue weighted by molar-refractivity contribution is -0.142. The van der Waals surface area contributed by atoms with Crippen molar-refractivity contribution in [3.63, 3.8) is 0 Å². The molecule has 0 fully saturated rings. The smallest absolute Gasteiger partial charge is 0.321 e. The Morgan fingerprint density at radius 3 is 2.27 bits per heavy atom. The molecule has 45 heavy (non-hydrogen) atoms. The van der Waals surface area contributed by atoms with E-state index in [0.29, 0.717) is 28.8 Å². The zero-order valence-corrected chi connectivity index (χ0v) is 27.2. The van der Waals surface area contributed by atoms with Crippen molar-refractivity contribution >= 4 is 50.9 Å². The van der Waals surface area contributed by atoms with Crippen LogP contribution in [0.2, 0.25) is 0 Å². The van der Waals surface area contributed by atoms with Gasteiger partial charge in [-0.15, -0.1) is 0 Å². The van der Waals surface area contributed by atoms with Crippen LogP contribution in [0.25, 0.3) is 33.2 Å². The standard InChI is InChI=1S/C36H40N4O5/c1-9-20-16(3)23-13-25-18(5)22(11-12-29(41)44-7)33(39-25)31-32(36(43)45-8)35(42)30-19(6)26(40-34(30)31)15-28-21(10-2)17(4)24(38-28)14-27(20)37-23/h13-15,18,22,32,37,40H,9-12H2,1-8H3. The number of ether oxygens (including phenoxy) is 2. The van der Waals surface area contributed by atoms with E-state index < -0.39 is 11.9 Å². The van der Waals surface area contributed by atoms with Crippen molar-refractivity contribution in [2.75, 3.05) is 14.2 Å². The number of Topliss-reactive ketones (excluding diaryl/α,β-unsaturated/α-hetero) is 1. The molecule has 1 aliphatic carbocycles. The molecular weight excluding hydrogens is 568 g/mol. The first kappa shape index (κ1) is 30.5. The number of H-pyrrole nitrogens is 2. The summed E-state index contributed by atoms with van der Waals surface area (Å²) in [7, 11) is 2.67. The van der Waals surface area contributed by atoms with Crippen LogP contribution in [0.3, 0.4) is 0 Å². The molecule has 3 aliphatic rings. The topological polar surface area (TPSA) is 127 Å². The van der Waals surface area contributed by atoms with Gasteiger partial charge in [0.25, 0.3) is 0 Å². The summed E-state index contributed by atoms with van der Waals surface area (Å²) in [6.07, 6.45) is 2.28. The molecule has 8 bridgehead atoms. The molecule has 3 aromatic heterocycles. The fraction of sp³-hybridized carbons (Fsp3) is 0.417. The molecule has 9 heteroatoms. The van der Waals surface area contributed by atoms with Crippen molar-refractivity contribution in [1.82, 2.24) is 19.9 Å². The Morgan fingerprint density at radius 1 is 0.889 bits per heavy atom. The number of methoxy groups -OCH3 is 2. The Hall–Kier alpha value is -4.53. The summed E-state index contributed by atoms with van der Waals surface area (Å²) >= 11 is 0. The van der Waals surface area contributed by atoms with Crippen molar-refractivity contribution in [3.05, 3.63) is 68.8 Å². The number of carbonyl (C=O) groups excluding carboxylic acids is 3. The highest BCUT2D eigenvalue weighted by Crippen LogP contribution is 2.48. The van der Waals surface area contributed by atoms with Crippen LogP contribution in [0.4, 0.5) is 0 Å². The van der Waals surface area contributed by atoms with Gasteiger partial charge >= 0.3 is 11.9 Å². The minimum absolute atomic E-state index is 0.0965. The number of rotatable bonds is 6. The van der Waals surface area contributed by atoms with Crippen LogP contribution in [0, 0.1) is 13.8 Å². The zero-order valence-electron chi connectivity index (χ0n) is 27.2. The number of carbonyl (C=O) groups is 3. The number of esters is 2. The molecule has 3 unspecified atom stereocenters. The minimum atomic E-state index is -1.15. The van der Waals surface area contributed by atoms with Gasteiger partial charge in [0.2, 0.25) is 0 Å². The Bertz CT molecular complexity index is 1980. The van der Waals surface area contributed by atoms with E-state index in [9.17, 15) is 14.4 Å². The van der Waals surface area contributed by atoms with Gasteiger partial charge in [0.1, 0.15) is 5.92 Å². The molecular formula is C36H40N4O5. The van der Waals surface area contributed by atoms with Crippen LogP contribution in [0.5, 0.6) is 0 Å². The van der Waals surface area contributed by atoms with Crippen LogP contribution in [-0.2, 0) is 25.5 Å². The average Bonchev–Trinajstić information content (AvgIpc) is 3.76. The molecule has 0 radical (unpaired) electrons. The number of aryl methyl sites for hydroxylation is 3. The van der Waals surface area contributed by atoms with E-state index in [1.807, 2.05) is 13.0 Å². The molecule has 3 atom stereocenters. The van der Waals surface area contributed by atoms with E-state index in [1.165, 1.54) is 19.8 Å². The number of aromatic amines is 2. The minimum Gasteiger partial charge on any atom is -0.469 e. The lowest BCUT2D eigenvalue weighted by Gasteiger charge is -2.18. The number of allylic oxidation sites excluding steroid dienone is 2. The van der Waals surface area contributed by atoms with Gasteiger partial charge in [-0.05, 0) is 86.1 Å². The Morgan fingerprint density at radius 2 is 1.60 bits per heavy atom. The Kier molecular flexibility index (Phi) is 7.75. The largest absolute Gasteiger partial charge is 0.469 e. The number of nitrogens with one attached hydrogen (secondary N) is 2. The van der Waals surface area contributed by atoms with Crippen molar-refractivity contribution < 1.29 is 23.9 Å². The van der Waals surface area contributed by atoms with Crippen molar-refractivity contribution in [2.24, 2.45) is 0 Å². The van der Waals surface area contributed by atoms with E-state index in [0.717, 1.165) is 68.7 Å². The first-order valence-corrected chi connectivity index (χ1v) is 15.7. The first-order valence-electron chi connectivity index (χ1n) is 15.7. The number of nitrogens with zero attached hydrogens (tertiary/aromatic N) is 2. The summed E-state index contributed by atoms with van der Waals surface area (Å²) in [6.45, 7) is 12.5. The molecule has 2 N–H and O–H groups in total. The number of hydrogen-bond acceptors (Lipinski definition) is 7. The summed E-state index contributed by atoms with van der Waals surface area (Å²) < 4.78 is 10.2. The third-order valence-corrected chi connectivity index (χ3v) is 10.0. The van der Waals surface area contributed by atoms with Gasteiger partial charge in [0.15, 0.2) is 5.78 Å². The van der Waals surface area contributed by atoms with Crippen molar-refractivity contribution in [3.8, 4) is 0 Å². The van der Waals surface area contributed by atoms with Crippen LogP contribution in [0.1, 0.15) is 120 Å². The second-order valence-electron chi connectivity index (χ2n) is 12.3. The molecule has 0 spiro atoms. The van der Waals surface area contributed by atoms with Gasteiger partial charge in [-0.3, -0.25) is 19.4 Å². The maximum Gasteiger partial charge on any atom is 0.321 e.